The third-order valence-electron chi connectivity index (χ3n) is 3.04. The summed E-state index contributed by atoms with van der Waals surface area (Å²) in [6.07, 6.45) is 0.766. The third-order valence-corrected chi connectivity index (χ3v) is 4.70. The number of nitrogens with zero attached hydrogens (tertiary/aromatic N) is 1. The van der Waals surface area contributed by atoms with E-state index in [9.17, 15) is 8.42 Å². The Labute approximate surface area is 107 Å². The zero-order valence-electron chi connectivity index (χ0n) is 10.1. The number of hydrogen-bond acceptors (Lipinski definition) is 4. The van der Waals surface area contributed by atoms with Crippen molar-refractivity contribution in [1.82, 2.24) is 10.0 Å². The number of benzene rings is 1. The van der Waals surface area contributed by atoms with Crippen LogP contribution in [0.25, 0.3) is 0 Å². The Morgan fingerprint density at radius 3 is 2.56 bits per heavy atom. The average molecular weight is 265 g/mol. The lowest BCUT2D eigenvalue weighted by Gasteiger charge is -2.24. The lowest BCUT2D eigenvalue weighted by atomic mass is 10.0. The number of hydrogen-bond donors (Lipinski definition) is 2. The molecule has 1 saturated heterocycles. The van der Waals surface area contributed by atoms with Gasteiger partial charge in [0.05, 0.1) is 16.5 Å². The van der Waals surface area contributed by atoms with Crippen LogP contribution in [-0.2, 0) is 10.0 Å². The molecule has 5 nitrogen and oxygen atoms in total. The second-order valence-electron chi connectivity index (χ2n) is 4.73. The highest BCUT2D eigenvalue weighted by molar-refractivity contribution is 7.89. The van der Waals surface area contributed by atoms with Crippen molar-refractivity contribution in [3.8, 4) is 6.07 Å². The van der Waals surface area contributed by atoms with Crippen LogP contribution in [0, 0.1) is 11.3 Å². The first-order chi connectivity index (χ1) is 8.45. The van der Waals surface area contributed by atoms with E-state index in [1.807, 2.05) is 13.0 Å². The molecule has 1 atom stereocenters. The number of sulfonamides is 1. The van der Waals surface area contributed by atoms with Gasteiger partial charge in [-0.1, -0.05) is 0 Å². The fourth-order valence-electron chi connectivity index (χ4n) is 2.00. The van der Waals surface area contributed by atoms with Crippen LogP contribution in [0.3, 0.4) is 0 Å². The van der Waals surface area contributed by atoms with E-state index in [1.54, 1.807) is 0 Å². The molecule has 1 heterocycles. The maximum Gasteiger partial charge on any atom is 0.241 e. The molecule has 1 aliphatic heterocycles. The van der Waals surface area contributed by atoms with Crippen molar-refractivity contribution in [2.45, 2.75) is 23.8 Å². The summed E-state index contributed by atoms with van der Waals surface area (Å²) in [5.74, 6) is 0. The lowest BCUT2D eigenvalue weighted by molar-refractivity contribution is 0.452. The molecular formula is C12H15N3O2S. The predicted molar refractivity (Wildman–Crippen MR) is 67.4 cm³/mol. The fraction of sp³-hybridized carbons (Fsp3) is 0.417. The first-order valence-electron chi connectivity index (χ1n) is 5.70. The lowest BCUT2D eigenvalue weighted by Crippen LogP contribution is -2.47. The Bertz CT molecular complexity index is 566. The van der Waals surface area contributed by atoms with Gasteiger partial charge < -0.3 is 5.32 Å². The molecular weight excluding hydrogens is 250 g/mol. The maximum absolute atomic E-state index is 12.2. The van der Waals surface area contributed by atoms with Gasteiger partial charge in [-0.05, 0) is 44.2 Å². The van der Waals surface area contributed by atoms with Gasteiger partial charge in [0.2, 0.25) is 10.0 Å². The highest BCUT2D eigenvalue weighted by Gasteiger charge is 2.33. The third kappa shape index (κ3) is 2.70. The summed E-state index contributed by atoms with van der Waals surface area (Å²) in [6, 6.07) is 7.87. The van der Waals surface area contributed by atoms with Crippen LogP contribution < -0.4 is 10.0 Å². The van der Waals surface area contributed by atoms with Crippen molar-refractivity contribution in [3.05, 3.63) is 29.8 Å². The van der Waals surface area contributed by atoms with Gasteiger partial charge in [0.1, 0.15) is 0 Å². The molecule has 96 valence electrons. The molecule has 1 fully saturated rings. The number of nitriles is 1. The molecule has 0 bridgehead atoms. The van der Waals surface area contributed by atoms with Crippen molar-refractivity contribution >= 4 is 10.0 Å². The topological polar surface area (TPSA) is 82.0 Å². The van der Waals surface area contributed by atoms with Gasteiger partial charge in [-0.2, -0.15) is 5.26 Å². The Hall–Kier alpha value is -1.42. The summed E-state index contributed by atoms with van der Waals surface area (Å²) in [4.78, 5) is 0.189. The van der Waals surface area contributed by atoms with Gasteiger partial charge in [0, 0.05) is 12.1 Å². The molecule has 6 heteroatoms. The van der Waals surface area contributed by atoms with E-state index in [4.69, 9.17) is 5.26 Å². The minimum atomic E-state index is -3.53. The van der Waals surface area contributed by atoms with Crippen molar-refractivity contribution in [1.29, 1.82) is 5.26 Å². The standard InChI is InChI=1S/C12H15N3O2S/c1-12(6-7-14-9-12)15-18(16,17)11-4-2-10(8-13)3-5-11/h2-5,14-15H,6-7,9H2,1H3. The fourth-order valence-corrected chi connectivity index (χ4v) is 3.43. The Morgan fingerprint density at radius 1 is 1.39 bits per heavy atom. The quantitative estimate of drug-likeness (QED) is 0.838. The van der Waals surface area contributed by atoms with Gasteiger partial charge in [-0.15, -0.1) is 0 Å². The molecule has 2 rings (SSSR count). The van der Waals surface area contributed by atoms with E-state index in [1.165, 1.54) is 24.3 Å². The molecule has 2 N–H and O–H groups in total. The van der Waals surface area contributed by atoms with Crippen LogP contribution in [0.15, 0.2) is 29.2 Å². The smallest absolute Gasteiger partial charge is 0.241 e. The molecule has 0 radical (unpaired) electrons. The van der Waals surface area contributed by atoms with Gasteiger partial charge >= 0.3 is 0 Å². The van der Waals surface area contributed by atoms with E-state index >= 15 is 0 Å². The summed E-state index contributed by atoms with van der Waals surface area (Å²) in [7, 11) is -3.53. The Balaban J connectivity index is 2.22. The molecule has 0 saturated carbocycles. The van der Waals surface area contributed by atoms with Gasteiger partial charge in [0.25, 0.3) is 0 Å². The van der Waals surface area contributed by atoms with Crippen LogP contribution in [-0.4, -0.2) is 27.0 Å². The van der Waals surface area contributed by atoms with Crippen LogP contribution in [0.4, 0.5) is 0 Å². The number of rotatable bonds is 3. The Morgan fingerprint density at radius 2 is 2.06 bits per heavy atom. The highest BCUT2D eigenvalue weighted by atomic mass is 32.2. The van der Waals surface area contributed by atoms with Crippen molar-refractivity contribution < 1.29 is 8.42 Å². The Kier molecular flexibility index (Phi) is 3.39. The molecule has 1 aromatic carbocycles. The maximum atomic E-state index is 12.2. The highest BCUT2D eigenvalue weighted by Crippen LogP contribution is 2.18. The van der Waals surface area contributed by atoms with E-state index in [0.29, 0.717) is 12.1 Å². The monoisotopic (exact) mass is 265 g/mol. The van der Waals surface area contributed by atoms with E-state index in [0.717, 1.165) is 13.0 Å². The minimum absolute atomic E-state index is 0.189. The molecule has 0 amide bonds. The summed E-state index contributed by atoms with van der Waals surface area (Å²) in [5.41, 5.74) is 0.00918. The molecule has 1 aromatic rings. The first-order valence-corrected chi connectivity index (χ1v) is 7.18. The largest absolute Gasteiger partial charge is 0.315 e. The SMILES string of the molecule is CC1(NS(=O)(=O)c2ccc(C#N)cc2)CCNC1. The van der Waals surface area contributed by atoms with Crippen LogP contribution in [0.1, 0.15) is 18.9 Å². The first kappa shape index (κ1) is 13.0. The van der Waals surface area contributed by atoms with Gasteiger partial charge in [0.15, 0.2) is 0 Å². The van der Waals surface area contributed by atoms with E-state index in [-0.39, 0.29) is 4.90 Å². The summed E-state index contributed by atoms with van der Waals surface area (Å²) >= 11 is 0. The summed E-state index contributed by atoms with van der Waals surface area (Å²) in [5, 5.41) is 11.8. The molecule has 0 aromatic heterocycles. The predicted octanol–water partition coefficient (Wildman–Crippen LogP) is 0.589. The molecule has 0 aliphatic carbocycles. The molecule has 0 spiro atoms. The molecule has 1 aliphatic rings. The van der Waals surface area contributed by atoms with Gasteiger partial charge in [-0.25, -0.2) is 13.1 Å². The van der Waals surface area contributed by atoms with Crippen LogP contribution >= 0.6 is 0 Å². The van der Waals surface area contributed by atoms with Crippen molar-refractivity contribution in [3.63, 3.8) is 0 Å². The molecule has 1 unspecified atom stereocenters. The average Bonchev–Trinajstić information content (AvgIpc) is 2.75. The van der Waals surface area contributed by atoms with Crippen molar-refractivity contribution in [2.24, 2.45) is 0 Å². The number of nitrogens with one attached hydrogen (secondary N) is 2. The second kappa shape index (κ2) is 4.69. The molecule has 18 heavy (non-hydrogen) atoms. The summed E-state index contributed by atoms with van der Waals surface area (Å²) < 4.78 is 27.1. The van der Waals surface area contributed by atoms with Gasteiger partial charge in [-0.3, -0.25) is 0 Å². The van der Waals surface area contributed by atoms with E-state index in [2.05, 4.69) is 10.0 Å². The second-order valence-corrected chi connectivity index (χ2v) is 6.41. The zero-order chi connectivity index (χ0) is 13.2. The van der Waals surface area contributed by atoms with E-state index < -0.39 is 15.6 Å². The van der Waals surface area contributed by atoms with Crippen molar-refractivity contribution in [2.75, 3.05) is 13.1 Å². The summed E-state index contributed by atoms with van der Waals surface area (Å²) in [6.45, 7) is 3.32. The normalized spacial score (nSPS) is 23.8. The zero-order valence-corrected chi connectivity index (χ0v) is 10.9. The van der Waals surface area contributed by atoms with Crippen LogP contribution in [0.5, 0.6) is 0 Å². The minimum Gasteiger partial charge on any atom is -0.315 e. The van der Waals surface area contributed by atoms with Crippen LogP contribution in [0.2, 0.25) is 0 Å².